The molecule has 2 heteroatoms. The number of fused-ring (bicyclic) bond motifs is 1. The molecule has 0 aromatic heterocycles. The fourth-order valence-corrected chi connectivity index (χ4v) is 5.37. The minimum atomic E-state index is -0.515. The van der Waals surface area contributed by atoms with Crippen molar-refractivity contribution in [1.29, 1.82) is 0 Å². The van der Waals surface area contributed by atoms with Crippen LogP contribution in [-0.2, 0) is 9.59 Å². The Kier molecular flexibility index (Phi) is 2.43. The molecule has 0 N–H and O–H groups in total. The Labute approximate surface area is 121 Å². The summed E-state index contributed by atoms with van der Waals surface area (Å²) in [4.78, 5) is 25.6. The first-order valence-electron chi connectivity index (χ1n) is 7.52. The average molecular weight is 272 g/mol. The zero-order valence-corrected chi connectivity index (χ0v) is 13.3. The molecule has 0 heterocycles. The molecule has 0 saturated heterocycles. The lowest BCUT2D eigenvalue weighted by molar-refractivity contribution is -0.161. The fourth-order valence-electron chi connectivity index (χ4n) is 5.37. The third-order valence-electron chi connectivity index (χ3n) is 6.17. The van der Waals surface area contributed by atoms with Crippen molar-refractivity contribution in [3.05, 3.63) is 23.8 Å². The number of allylic oxidation sites excluding steroid dienone is 4. The van der Waals surface area contributed by atoms with E-state index < -0.39 is 10.8 Å². The predicted molar refractivity (Wildman–Crippen MR) is 79.1 cm³/mol. The first-order chi connectivity index (χ1) is 9.04. The number of ketones is 2. The molecule has 4 aliphatic carbocycles. The molecule has 0 radical (unpaired) electrons. The van der Waals surface area contributed by atoms with Gasteiger partial charge in [-0.25, -0.2) is 0 Å². The van der Waals surface area contributed by atoms with E-state index in [0.29, 0.717) is 11.7 Å². The fraction of sp³-hybridized carbons (Fsp3) is 0.667. The number of rotatable bonds is 0. The van der Waals surface area contributed by atoms with Gasteiger partial charge in [0.05, 0.1) is 0 Å². The maximum atomic E-state index is 13.0. The monoisotopic (exact) mass is 272 g/mol. The normalized spacial score (nSPS) is 44.3. The molecule has 1 saturated carbocycles. The summed E-state index contributed by atoms with van der Waals surface area (Å²) >= 11 is 0. The highest BCUT2D eigenvalue weighted by atomic mass is 16.1. The summed E-state index contributed by atoms with van der Waals surface area (Å²) in [5.41, 5.74) is -0.450. The summed E-state index contributed by atoms with van der Waals surface area (Å²) in [6, 6.07) is 0. The van der Waals surface area contributed by atoms with Gasteiger partial charge in [0.1, 0.15) is 5.78 Å². The van der Waals surface area contributed by atoms with Crippen molar-refractivity contribution < 1.29 is 9.59 Å². The van der Waals surface area contributed by atoms with E-state index in [0.717, 1.165) is 5.57 Å². The minimum Gasteiger partial charge on any atom is -0.298 e. The highest BCUT2D eigenvalue weighted by Crippen LogP contribution is 2.64. The smallest absolute Gasteiger partial charge is 0.164 e. The lowest BCUT2D eigenvalue weighted by atomic mass is 9.40. The Hall–Kier alpha value is -1.18. The molecule has 4 unspecified atom stereocenters. The Balaban J connectivity index is 2.27. The van der Waals surface area contributed by atoms with Crippen LogP contribution in [0.15, 0.2) is 23.8 Å². The molecule has 0 amide bonds. The van der Waals surface area contributed by atoms with E-state index in [2.05, 4.69) is 32.1 Å². The third-order valence-corrected chi connectivity index (χ3v) is 6.17. The van der Waals surface area contributed by atoms with E-state index >= 15 is 0 Å². The molecule has 0 aromatic carbocycles. The highest BCUT2D eigenvalue weighted by molar-refractivity contribution is 6.03. The van der Waals surface area contributed by atoms with Gasteiger partial charge in [0.2, 0.25) is 0 Å². The van der Waals surface area contributed by atoms with E-state index in [1.807, 2.05) is 27.7 Å². The van der Waals surface area contributed by atoms with Gasteiger partial charge in [-0.15, -0.1) is 0 Å². The van der Waals surface area contributed by atoms with Gasteiger partial charge in [-0.2, -0.15) is 0 Å². The van der Waals surface area contributed by atoms with Crippen LogP contribution in [0.25, 0.3) is 0 Å². The van der Waals surface area contributed by atoms with Gasteiger partial charge in [-0.1, -0.05) is 45.9 Å². The van der Waals surface area contributed by atoms with Gasteiger partial charge in [0.15, 0.2) is 5.78 Å². The Morgan fingerprint density at radius 2 is 1.60 bits per heavy atom. The summed E-state index contributed by atoms with van der Waals surface area (Å²) < 4.78 is 0. The van der Waals surface area contributed by atoms with Crippen LogP contribution in [0, 0.1) is 34.0 Å². The SMILES string of the molecule is CC1=CC2C3C=CC(C)(C(=O)C3(C)C)C2C(C)(C)C1=O. The lowest BCUT2D eigenvalue weighted by Crippen LogP contribution is -2.64. The van der Waals surface area contributed by atoms with Crippen molar-refractivity contribution >= 4 is 11.6 Å². The topological polar surface area (TPSA) is 34.1 Å². The first kappa shape index (κ1) is 13.8. The van der Waals surface area contributed by atoms with Gasteiger partial charge >= 0.3 is 0 Å². The number of Topliss-reactive ketones (excluding diaryl/α,β-unsaturated/α-hetero) is 2. The van der Waals surface area contributed by atoms with Gasteiger partial charge in [0.25, 0.3) is 0 Å². The van der Waals surface area contributed by atoms with Crippen molar-refractivity contribution in [2.24, 2.45) is 34.0 Å². The molecule has 2 nitrogen and oxygen atoms in total. The van der Waals surface area contributed by atoms with E-state index in [9.17, 15) is 9.59 Å². The molecule has 0 spiro atoms. The molecule has 4 rings (SSSR count). The molecular formula is C18H24O2. The minimum absolute atomic E-state index is 0.0849. The average Bonchev–Trinajstić information content (AvgIpc) is 2.33. The number of hydrogen-bond acceptors (Lipinski definition) is 2. The summed E-state index contributed by atoms with van der Waals surface area (Å²) in [6.07, 6.45) is 6.44. The highest BCUT2D eigenvalue weighted by Gasteiger charge is 2.66. The second-order valence-corrected chi connectivity index (χ2v) is 8.17. The lowest BCUT2D eigenvalue weighted by Gasteiger charge is -2.61. The molecule has 4 aliphatic rings. The number of carbonyl (C=O) groups is 2. The first-order valence-corrected chi connectivity index (χ1v) is 7.52. The van der Waals surface area contributed by atoms with E-state index in [1.54, 1.807) is 0 Å². The Morgan fingerprint density at radius 1 is 1.00 bits per heavy atom. The summed E-state index contributed by atoms with van der Waals surface area (Å²) in [6.45, 7) is 12.1. The van der Waals surface area contributed by atoms with E-state index in [4.69, 9.17) is 0 Å². The van der Waals surface area contributed by atoms with Crippen LogP contribution in [0.4, 0.5) is 0 Å². The van der Waals surface area contributed by atoms with Crippen molar-refractivity contribution in [2.75, 3.05) is 0 Å². The summed E-state index contributed by atoms with van der Waals surface area (Å²) in [5.74, 6) is 1.09. The molecule has 4 atom stereocenters. The van der Waals surface area contributed by atoms with Crippen molar-refractivity contribution in [3.63, 3.8) is 0 Å². The maximum absolute atomic E-state index is 13.0. The zero-order chi connectivity index (χ0) is 15.1. The molecule has 1 fully saturated rings. The van der Waals surface area contributed by atoms with Crippen LogP contribution in [-0.4, -0.2) is 11.6 Å². The largest absolute Gasteiger partial charge is 0.298 e. The van der Waals surface area contributed by atoms with Gasteiger partial charge < -0.3 is 0 Å². The van der Waals surface area contributed by atoms with Crippen LogP contribution in [0.3, 0.4) is 0 Å². The van der Waals surface area contributed by atoms with Crippen LogP contribution in [0.2, 0.25) is 0 Å². The second-order valence-electron chi connectivity index (χ2n) is 8.17. The third kappa shape index (κ3) is 1.30. The molecule has 0 aromatic rings. The maximum Gasteiger partial charge on any atom is 0.164 e. The van der Waals surface area contributed by atoms with Crippen molar-refractivity contribution in [3.8, 4) is 0 Å². The molecular weight excluding hydrogens is 248 g/mol. The molecule has 108 valence electrons. The van der Waals surface area contributed by atoms with Crippen LogP contribution in [0.5, 0.6) is 0 Å². The second kappa shape index (κ2) is 3.52. The molecule has 0 aliphatic heterocycles. The van der Waals surface area contributed by atoms with Crippen LogP contribution < -0.4 is 0 Å². The van der Waals surface area contributed by atoms with Crippen molar-refractivity contribution in [2.45, 2.75) is 41.5 Å². The van der Waals surface area contributed by atoms with Crippen LogP contribution in [0.1, 0.15) is 41.5 Å². The van der Waals surface area contributed by atoms with E-state index in [-0.39, 0.29) is 23.0 Å². The number of hydrogen-bond donors (Lipinski definition) is 0. The standard InChI is InChI=1S/C18H24O2/c1-10-9-11-12-7-8-18(6,15(20)16(12,2)3)13(11)17(4,5)14(10)19/h7-9,11-13H,1-6H3. The molecule has 2 bridgehead atoms. The predicted octanol–water partition coefficient (Wildman–Crippen LogP) is 3.58. The Bertz CT molecular complexity index is 576. The van der Waals surface area contributed by atoms with Gasteiger partial charge in [-0.3, -0.25) is 9.59 Å². The van der Waals surface area contributed by atoms with Gasteiger partial charge in [-0.05, 0) is 37.2 Å². The number of carbonyl (C=O) groups excluding carboxylic acids is 2. The Morgan fingerprint density at radius 3 is 2.20 bits per heavy atom. The molecule has 20 heavy (non-hydrogen) atoms. The summed E-state index contributed by atoms with van der Waals surface area (Å²) in [5, 5.41) is 0. The quantitative estimate of drug-likeness (QED) is 0.632. The van der Waals surface area contributed by atoms with Gasteiger partial charge in [0, 0.05) is 16.2 Å². The van der Waals surface area contributed by atoms with E-state index in [1.165, 1.54) is 0 Å². The van der Waals surface area contributed by atoms with Crippen LogP contribution >= 0.6 is 0 Å². The van der Waals surface area contributed by atoms with Crippen molar-refractivity contribution in [1.82, 2.24) is 0 Å². The summed E-state index contributed by atoms with van der Waals surface area (Å²) in [7, 11) is 0. The zero-order valence-electron chi connectivity index (χ0n) is 13.3.